The van der Waals surface area contributed by atoms with Gasteiger partial charge < -0.3 is 14.6 Å². The molecule has 0 saturated heterocycles. The summed E-state index contributed by atoms with van der Waals surface area (Å²) in [7, 11) is 0. The summed E-state index contributed by atoms with van der Waals surface area (Å²) in [6.45, 7) is 6.57. The molecule has 0 atom stereocenters. The van der Waals surface area contributed by atoms with Crippen LogP contribution >= 0.6 is 0 Å². The van der Waals surface area contributed by atoms with Crippen LogP contribution in [0.1, 0.15) is 31.1 Å². The van der Waals surface area contributed by atoms with Crippen LogP contribution < -0.4 is 4.74 Å². The maximum absolute atomic E-state index is 11.8. The fraction of sp³-hybridized carbons (Fsp3) is 0.500. The molecule has 0 aliphatic carbocycles. The number of aliphatic hydroxyl groups is 1. The number of carbonyl (C=O) groups excluding carboxylic acids is 1. The number of rotatable bonds is 7. The Morgan fingerprint density at radius 2 is 1.83 bits per heavy atom. The average Bonchev–Trinajstić information content (AvgIpc) is 2.33. The van der Waals surface area contributed by atoms with Gasteiger partial charge in [-0.3, -0.25) is 4.79 Å². The number of ether oxygens (including phenoxy) is 2. The Morgan fingerprint density at radius 1 is 1.22 bits per heavy atom. The predicted octanol–water partition coefficient (Wildman–Crippen LogP) is 2.06. The summed E-state index contributed by atoms with van der Waals surface area (Å²) in [5.74, 6) is 0.380. The summed E-state index contributed by atoms with van der Waals surface area (Å²) in [6, 6.07) is 6.72. The van der Waals surface area contributed by atoms with Crippen LogP contribution in [-0.2, 0) is 4.74 Å². The van der Waals surface area contributed by atoms with Crippen molar-refractivity contribution in [3.63, 3.8) is 0 Å². The first-order valence-corrected chi connectivity index (χ1v) is 6.03. The Hall–Kier alpha value is -1.39. The Morgan fingerprint density at radius 3 is 2.33 bits per heavy atom. The highest BCUT2D eigenvalue weighted by atomic mass is 16.5. The Balaban J connectivity index is 2.55. The fourth-order valence-electron chi connectivity index (χ4n) is 1.42. The molecule has 0 unspecified atom stereocenters. The van der Waals surface area contributed by atoms with Gasteiger partial charge in [0.15, 0.2) is 5.78 Å². The van der Waals surface area contributed by atoms with Gasteiger partial charge in [0, 0.05) is 12.2 Å². The first-order valence-electron chi connectivity index (χ1n) is 6.03. The summed E-state index contributed by atoms with van der Waals surface area (Å²) < 4.78 is 10.6. The quantitative estimate of drug-likeness (QED) is 0.596. The molecule has 18 heavy (non-hydrogen) atoms. The van der Waals surface area contributed by atoms with Crippen molar-refractivity contribution in [3.05, 3.63) is 29.8 Å². The lowest BCUT2D eigenvalue weighted by molar-refractivity contribution is 0.0488. The van der Waals surface area contributed by atoms with Gasteiger partial charge in [0.2, 0.25) is 0 Å². The standard InChI is InChI=1S/C14H20O4/c1-4-17-9-10-18-12-7-5-11(6-8-12)13(15)14(2,3)16/h5-8,16H,4,9-10H2,1-3H3. The molecule has 4 heteroatoms. The monoisotopic (exact) mass is 252 g/mol. The molecule has 0 radical (unpaired) electrons. The van der Waals surface area contributed by atoms with Crippen molar-refractivity contribution in [2.75, 3.05) is 19.8 Å². The number of carbonyl (C=O) groups is 1. The highest BCUT2D eigenvalue weighted by Crippen LogP contribution is 2.16. The molecule has 1 aromatic rings. The summed E-state index contributed by atoms with van der Waals surface area (Å²) in [4.78, 5) is 11.8. The van der Waals surface area contributed by atoms with Gasteiger partial charge in [-0.1, -0.05) is 0 Å². The van der Waals surface area contributed by atoms with Crippen LogP contribution in [0.25, 0.3) is 0 Å². The van der Waals surface area contributed by atoms with E-state index in [2.05, 4.69) is 0 Å². The van der Waals surface area contributed by atoms with Crippen LogP contribution in [0, 0.1) is 0 Å². The van der Waals surface area contributed by atoms with Gasteiger partial charge in [0.05, 0.1) is 6.61 Å². The molecule has 1 N–H and O–H groups in total. The number of hydrogen-bond acceptors (Lipinski definition) is 4. The summed E-state index contributed by atoms with van der Waals surface area (Å²) in [5, 5.41) is 9.61. The summed E-state index contributed by atoms with van der Waals surface area (Å²) in [5.41, 5.74) is -0.878. The molecule has 1 aromatic carbocycles. The molecule has 100 valence electrons. The first-order chi connectivity index (χ1) is 8.45. The van der Waals surface area contributed by atoms with E-state index >= 15 is 0 Å². The Labute approximate surface area is 108 Å². The van der Waals surface area contributed by atoms with Crippen LogP contribution in [0.4, 0.5) is 0 Å². The van der Waals surface area contributed by atoms with E-state index in [-0.39, 0.29) is 5.78 Å². The van der Waals surface area contributed by atoms with Crippen LogP contribution in [0.3, 0.4) is 0 Å². The van der Waals surface area contributed by atoms with Crippen LogP contribution in [-0.4, -0.2) is 36.3 Å². The van der Waals surface area contributed by atoms with Gasteiger partial charge in [0.25, 0.3) is 0 Å². The van der Waals surface area contributed by atoms with Crippen LogP contribution in [0.5, 0.6) is 5.75 Å². The minimum absolute atomic E-state index is 0.302. The van der Waals surface area contributed by atoms with E-state index in [1.165, 1.54) is 13.8 Å². The van der Waals surface area contributed by atoms with Gasteiger partial charge in [-0.05, 0) is 45.0 Å². The smallest absolute Gasteiger partial charge is 0.193 e. The minimum atomic E-state index is -1.35. The van der Waals surface area contributed by atoms with Gasteiger partial charge in [-0.25, -0.2) is 0 Å². The topological polar surface area (TPSA) is 55.8 Å². The van der Waals surface area contributed by atoms with E-state index in [9.17, 15) is 9.90 Å². The van der Waals surface area contributed by atoms with Crippen molar-refractivity contribution >= 4 is 5.78 Å². The second-order valence-electron chi connectivity index (χ2n) is 4.46. The van der Waals surface area contributed by atoms with Crippen LogP contribution in [0.15, 0.2) is 24.3 Å². The second kappa shape index (κ2) is 6.52. The molecule has 0 saturated carbocycles. The van der Waals surface area contributed by atoms with Crippen molar-refractivity contribution < 1.29 is 19.4 Å². The number of Topliss-reactive ketones (excluding diaryl/α,β-unsaturated/α-hetero) is 1. The maximum Gasteiger partial charge on any atom is 0.193 e. The van der Waals surface area contributed by atoms with Crippen molar-refractivity contribution in [2.24, 2.45) is 0 Å². The lowest BCUT2D eigenvalue weighted by Crippen LogP contribution is -2.30. The Kier molecular flexibility index (Phi) is 5.31. The molecule has 0 aliphatic rings. The molecule has 0 aliphatic heterocycles. The molecule has 0 fully saturated rings. The largest absolute Gasteiger partial charge is 0.491 e. The van der Waals surface area contributed by atoms with E-state index < -0.39 is 5.60 Å². The summed E-state index contributed by atoms with van der Waals surface area (Å²) >= 11 is 0. The lowest BCUT2D eigenvalue weighted by atomic mass is 9.97. The maximum atomic E-state index is 11.8. The second-order valence-corrected chi connectivity index (χ2v) is 4.46. The third kappa shape index (κ3) is 4.47. The van der Waals surface area contributed by atoms with Gasteiger partial charge in [0.1, 0.15) is 18.0 Å². The molecule has 0 amide bonds. The SMILES string of the molecule is CCOCCOc1ccc(C(=O)C(C)(C)O)cc1. The summed E-state index contributed by atoms with van der Waals surface area (Å²) in [6.07, 6.45) is 0. The van der Waals surface area contributed by atoms with Gasteiger partial charge in [-0.2, -0.15) is 0 Å². The van der Waals surface area contributed by atoms with Crippen LogP contribution in [0.2, 0.25) is 0 Å². The van der Waals surface area contributed by atoms with Gasteiger partial charge >= 0.3 is 0 Å². The fourth-order valence-corrected chi connectivity index (χ4v) is 1.42. The molecule has 0 spiro atoms. The van der Waals surface area contributed by atoms with Crippen molar-refractivity contribution in [1.82, 2.24) is 0 Å². The van der Waals surface area contributed by atoms with Crippen molar-refractivity contribution in [1.29, 1.82) is 0 Å². The molecule has 0 bridgehead atoms. The van der Waals surface area contributed by atoms with Crippen molar-refractivity contribution in [3.8, 4) is 5.75 Å². The van der Waals surface area contributed by atoms with E-state index in [0.29, 0.717) is 31.1 Å². The van der Waals surface area contributed by atoms with E-state index in [1.54, 1.807) is 24.3 Å². The predicted molar refractivity (Wildman–Crippen MR) is 69.1 cm³/mol. The normalized spacial score (nSPS) is 11.3. The zero-order valence-electron chi connectivity index (χ0n) is 11.1. The van der Waals surface area contributed by atoms with E-state index in [0.717, 1.165) is 0 Å². The average molecular weight is 252 g/mol. The third-order valence-corrected chi connectivity index (χ3v) is 2.37. The number of ketones is 1. The molecular weight excluding hydrogens is 232 g/mol. The zero-order valence-corrected chi connectivity index (χ0v) is 11.1. The number of benzene rings is 1. The molecule has 4 nitrogen and oxygen atoms in total. The molecule has 0 heterocycles. The molecule has 0 aromatic heterocycles. The molecule has 1 rings (SSSR count). The minimum Gasteiger partial charge on any atom is -0.491 e. The van der Waals surface area contributed by atoms with E-state index in [1.807, 2.05) is 6.92 Å². The zero-order chi connectivity index (χ0) is 13.6. The highest BCUT2D eigenvalue weighted by Gasteiger charge is 2.24. The Bertz CT molecular complexity index is 376. The molecular formula is C14H20O4. The first kappa shape index (κ1) is 14.7. The van der Waals surface area contributed by atoms with Crippen molar-refractivity contribution in [2.45, 2.75) is 26.4 Å². The van der Waals surface area contributed by atoms with E-state index in [4.69, 9.17) is 9.47 Å². The lowest BCUT2D eigenvalue weighted by Gasteiger charge is -2.15. The number of hydrogen-bond donors (Lipinski definition) is 1. The third-order valence-electron chi connectivity index (χ3n) is 2.37. The van der Waals surface area contributed by atoms with Gasteiger partial charge in [-0.15, -0.1) is 0 Å². The highest BCUT2D eigenvalue weighted by molar-refractivity contribution is 6.01.